The molecule has 19 heavy (non-hydrogen) atoms. The van der Waals surface area contributed by atoms with Crippen LogP contribution in [0, 0.1) is 5.92 Å². The van der Waals surface area contributed by atoms with Crippen molar-refractivity contribution in [2.24, 2.45) is 5.92 Å². The van der Waals surface area contributed by atoms with E-state index in [1.165, 1.54) is 6.08 Å². The van der Waals surface area contributed by atoms with Gasteiger partial charge in [-0.15, -0.1) is 0 Å². The molecule has 5 nitrogen and oxygen atoms in total. The maximum Gasteiger partial charge on any atom is 0.346 e. The minimum absolute atomic E-state index is 0.158. The fraction of sp³-hybridized carbons (Fsp3) is 0.538. The van der Waals surface area contributed by atoms with Crippen molar-refractivity contribution in [2.75, 3.05) is 13.2 Å². The molecule has 6 heteroatoms. The molecule has 0 amide bonds. The number of rotatable bonds is 0. The number of halogens is 1. The summed E-state index contributed by atoms with van der Waals surface area (Å²) in [6.07, 6.45) is 2.52. The average molecular weight is 327 g/mol. The third-order valence-corrected chi connectivity index (χ3v) is 5.51. The predicted molar refractivity (Wildman–Crippen MR) is 66.5 cm³/mol. The van der Waals surface area contributed by atoms with Crippen molar-refractivity contribution in [3.8, 4) is 0 Å². The molecule has 2 fully saturated rings. The van der Waals surface area contributed by atoms with Crippen LogP contribution in [0.3, 0.4) is 0 Å². The second-order valence-corrected chi connectivity index (χ2v) is 6.17. The van der Waals surface area contributed by atoms with Gasteiger partial charge in [-0.2, -0.15) is 0 Å². The highest BCUT2D eigenvalue weighted by molar-refractivity contribution is 9.12. The minimum Gasteiger partial charge on any atom is -0.447 e. The zero-order valence-electron chi connectivity index (χ0n) is 10.1. The summed E-state index contributed by atoms with van der Waals surface area (Å²) >= 11 is 3.24. The first kappa shape index (κ1) is 11.8. The van der Waals surface area contributed by atoms with Gasteiger partial charge >= 0.3 is 5.97 Å². The van der Waals surface area contributed by atoms with Crippen LogP contribution < -0.4 is 0 Å². The summed E-state index contributed by atoms with van der Waals surface area (Å²) in [7, 11) is 0. The Balaban J connectivity index is 1.95. The molecule has 100 valence electrons. The van der Waals surface area contributed by atoms with Crippen molar-refractivity contribution < 1.29 is 23.8 Å². The molecule has 4 rings (SSSR count). The van der Waals surface area contributed by atoms with Crippen molar-refractivity contribution in [1.29, 1.82) is 0 Å². The molecule has 0 aromatic rings. The lowest BCUT2D eigenvalue weighted by Crippen LogP contribution is -2.49. The maximum absolute atomic E-state index is 12.1. The van der Waals surface area contributed by atoms with Crippen LogP contribution >= 0.6 is 15.9 Å². The van der Waals surface area contributed by atoms with Crippen LogP contribution in [0.4, 0.5) is 0 Å². The van der Waals surface area contributed by atoms with Crippen LogP contribution in [0.2, 0.25) is 0 Å². The van der Waals surface area contributed by atoms with Crippen molar-refractivity contribution in [1.82, 2.24) is 0 Å². The quantitative estimate of drug-likeness (QED) is 0.618. The van der Waals surface area contributed by atoms with Crippen LogP contribution in [0.5, 0.6) is 0 Å². The molecule has 0 aliphatic carbocycles. The summed E-state index contributed by atoms with van der Waals surface area (Å²) in [5.74, 6) is -0.774. The van der Waals surface area contributed by atoms with E-state index in [-0.39, 0.29) is 11.7 Å². The van der Waals surface area contributed by atoms with Gasteiger partial charge in [0.1, 0.15) is 10.1 Å². The fourth-order valence-electron chi connectivity index (χ4n) is 3.64. The van der Waals surface area contributed by atoms with E-state index in [1.54, 1.807) is 13.0 Å². The number of fused-ring (bicyclic) bond motifs is 3. The third-order valence-electron chi connectivity index (χ3n) is 4.59. The Bertz CT molecular complexity index is 580. The van der Waals surface area contributed by atoms with Gasteiger partial charge in [-0.05, 0) is 40.6 Å². The fourth-order valence-corrected chi connectivity index (χ4v) is 4.03. The molecule has 0 aromatic heterocycles. The highest BCUT2D eigenvalue weighted by Crippen LogP contribution is 2.58. The zero-order valence-corrected chi connectivity index (χ0v) is 11.7. The molecule has 2 spiro atoms. The van der Waals surface area contributed by atoms with Gasteiger partial charge in [-0.3, -0.25) is 4.79 Å². The van der Waals surface area contributed by atoms with Gasteiger partial charge in [0.15, 0.2) is 17.5 Å². The summed E-state index contributed by atoms with van der Waals surface area (Å²) in [4.78, 5) is 24.0. The van der Waals surface area contributed by atoms with Gasteiger partial charge in [0.25, 0.3) is 0 Å². The van der Waals surface area contributed by atoms with Crippen LogP contribution in [-0.4, -0.2) is 42.3 Å². The Morgan fingerprint density at radius 3 is 2.89 bits per heavy atom. The average Bonchev–Trinajstić information content (AvgIpc) is 2.95. The van der Waals surface area contributed by atoms with E-state index in [0.717, 1.165) is 5.57 Å². The van der Waals surface area contributed by atoms with Gasteiger partial charge in [0.05, 0.1) is 19.1 Å². The van der Waals surface area contributed by atoms with E-state index in [2.05, 4.69) is 15.9 Å². The van der Waals surface area contributed by atoms with Gasteiger partial charge in [-0.25, -0.2) is 4.79 Å². The van der Waals surface area contributed by atoms with Crippen molar-refractivity contribution in [3.05, 3.63) is 22.2 Å². The molecule has 0 aromatic carbocycles. The van der Waals surface area contributed by atoms with Crippen LogP contribution in [0.25, 0.3) is 0 Å². The van der Waals surface area contributed by atoms with Crippen LogP contribution in [0.15, 0.2) is 22.2 Å². The molecule has 4 heterocycles. The van der Waals surface area contributed by atoms with E-state index < -0.39 is 23.3 Å². The standard InChI is InChI=1S/C13H11BrO5/c1-6-9(14)11(16)19-13(6)8-4-17-5-12(8)3-2-7(15)10(13)18-12/h2-3,8,10H,4-5H2,1H3/t8-,10+,12+,13-/m1/s1. The smallest absolute Gasteiger partial charge is 0.346 e. The first-order valence-corrected chi connectivity index (χ1v) is 6.89. The van der Waals surface area contributed by atoms with E-state index in [9.17, 15) is 9.59 Å². The summed E-state index contributed by atoms with van der Waals surface area (Å²) in [5.41, 5.74) is -0.943. The number of esters is 1. The number of carbonyl (C=O) groups excluding carboxylic acids is 2. The lowest BCUT2D eigenvalue weighted by Gasteiger charge is -2.32. The second-order valence-electron chi connectivity index (χ2n) is 5.38. The van der Waals surface area contributed by atoms with Gasteiger partial charge in [0.2, 0.25) is 0 Å². The normalized spacial score (nSPS) is 47.3. The molecule has 0 unspecified atom stereocenters. The molecule has 2 bridgehead atoms. The number of hydrogen-bond donors (Lipinski definition) is 0. The van der Waals surface area contributed by atoms with Crippen LogP contribution in [0.1, 0.15) is 6.92 Å². The largest absolute Gasteiger partial charge is 0.447 e. The predicted octanol–water partition coefficient (Wildman–Crippen LogP) is 0.874. The third kappa shape index (κ3) is 1.14. The number of hydrogen-bond acceptors (Lipinski definition) is 5. The van der Waals surface area contributed by atoms with Gasteiger partial charge in [0, 0.05) is 0 Å². The highest BCUT2D eigenvalue weighted by Gasteiger charge is 2.73. The molecule has 0 radical (unpaired) electrons. The van der Waals surface area contributed by atoms with E-state index in [4.69, 9.17) is 14.2 Å². The first-order chi connectivity index (χ1) is 9.01. The molecule has 4 aliphatic rings. The molecule has 0 saturated carbocycles. The van der Waals surface area contributed by atoms with Gasteiger partial charge in [-0.1, -0.05) is 0 Å². The number of carbonyl (C=O) groups is 2. The lowest BCUT2D eigenvalue weighted by molar-refractivity contribution is -0.159. The molecule has 4 atom stereocenters. The maximum atomic E-state index is 12.1. The van der Waals surface area contributed by atoms with E-state index in [0.29, 0.717) is 17.7 Å². The SMILES string of the molecule is CC1=C(Br)C(=O)O[C@]12[C@H]1O[C@@]3(C=CC1=O)COC[C@@H]23. The Hall–Kier alpha value is -0.980. The molecule has 0 N–H and O–H groups in total. The first-order valence-electron chi connectivity index (χ1n) is 6.10. The minimum atomic E-state index is -1.02. The van der Waals surface area contributed by atoms with Crippen LogP contribution in [-0.2, 0) is 23.8 Å². The molecular formula is C13H11BrO5. The van der Waals surface area contributed by atoms with Gasteiger partial charge < -0.3 is 14.2 Å². The second kappa shape index (κ2) is 3.37. The topological polar surface area (TPSA) is 61.8 Å². The van der Waals surface area contributed by atoms with Crippen molar-refractivity contribution in [3.63, 3.8) is 0 Å². The molecule has 4 aliphatic heterocycles. The summed E-state index contributed by atoms with van der Waals surface area (Å²) in [6, 6.07) is 0. The Morgan fingerprint density at radius 1 is 1.42 bits per heavy atom. The van der Waals surface area contributed by atoms with Crippen molar-refractivity contribution in [2.45, 2.75) is 24.2 Å². The molecule has 2 saturated heterocycles. The Morgan fingerprint density at radius 2 is 2.21 bits per heavy atom. The lowest BCUT2D eigenvalue weighted by atomic mass is 9.75. The monoisotopic (exact) mass is 326 g/mol. The van der Waals surface area contributed by atoms with E-state index >= 15 is 0 Å². The van der Waals surface area contributed by atoms with Crippen molar-refractivity contribution >= 4 is 27.7 Å². The highest BCUT2D eigenvalue weighted by atomic mass is 79.9. The zero-order chi connectivity index (χ0) is 13.4. The Kier molecular flexibility index (Phi) is 2.09. The molecular weight excluding hydrogens is 316 g/mol. The number of ketones is 1. The number of ether oxygens (including phenoxy) is 3. The van der Waals surface area contributed by atoms with E-state index in [1.807, 2.05) is 0 Å². The Labute approximate surface area is 117 Å². The summed E-state index contributed by atoms with van der Waals surface area (Å²) < 4.78 is 17.4. The summed E-state index contributed by atoms with van der Waals surface area (Å²) in [6.45, 7) is 2.61. The summed E-state index contributed by atoms with van der Waals surface area (Å²) in [5, 5.41) is 0.